The number of ether oxygens (including phenoxy) is 2. The van der Waals surface area contributed by atoms with Gasteiger partial charge in [0, 0.05) is 19.6 Å². The van der Waals surface area contributed by atoms with Crippen LogP contribution in [-0.4, -0.2) is 45.4 Å². The van der Waals surface area contributed by atoms with Crippen molar-refractivity contribution in [2.75, 3.05) is 26.8 Å². The van der Waals surface area contributed by atoms with Crippen LogP contribution in [0.4, 0.5) is 0 Å². The summed E-state index contributed by atoms with van der Waals surface area (Å²) in [6.07, 6.45) is 1.68. The molecule has 7 nitrogen and oxygen atoms in total. The molecular formula is C23H30N2O5S. The van der Waals surface area contributed by atoms with E-state index in [1.54, 1.807) is 0 Å². The Labute approximate surface area is 184 Å². The average Bonchev–Trinajstić information content (AvgIpc) is 2.78. The molecule has 2 aromatic rings. The minimum atomic E-state index is -3.66. The van der Waals surface area contributed by atoms with Crippen molar-refractivity contribution >= 4 is 15.9 Å². The Morgan fingerprint density at radius 1 is 1.13 bits per heavy atom. The number of sulfonamides is 1. The topological polar surface area (TPSA) is 84.9 Å². The molecule has 1 N–H and O–H groups in total. The normalized spacial score (nSPS) is 15.5. The number of rotatable bonds is 8. The summed E-state index contributed by atoms with van der Waals surface area (Å²) in [5.41, 5.74) is 1.10. The van der Waals surface area contributed by atoms with Gasteiger partial charge in [-0.25, -0.2) is 8.42 Å². The van der Waals surface area contributed by atoms with Gasteiger partial charge in [-0.3, -0.25) is 4.79 Å². The summed E-state index contributed by atoms with van der Waals surface area (Å²) in [5, 5.41) is 2.84. The van der Waals surface area contributed by atoms with E-state index in [-0.39, 0.29) is 10.5 Å². The highest BCUT2D eigenvalue weighted by atomic mass is 32.2. The number of methoxy groups -OCH3 is 1. The number of amides is 1. The first-order valence-electron chi connectivity index (χ1n) is 10.5. The molecule has 1 heterocycles. The van der Waals surface area contributed by atoms with E-state index in [2.05, 4.69) is 12.2 Å². The summed E-state index contributed by atoms with van der Waals surface area (Å²) in [5.74, 6) is 1.22. The lowest BCUT2D eigenvalue weighted by atomic mass is 10.0. The molecule has 3 rings (SSSR count). The van der Waals surface area contributed by atoms with Gasteiger partial charge < -0.3 is 14.8 Å². The fourth-order valence-corrected chi connectivity index (χ4v) is 5.04. The van der Waals surface area contributed by atoms with Crippen LogP contribution < -0.4 is 14.8 Å². The van der Waals surface area contributed by atoms with Crippen molar-refractivity contribution < 1.29 is 22.7 Å². The van der Waals surface area contributed by atoms with Gasteiger partial charge in [-0.2, -0.15) is 4.31 Å². The highest BCUT2D eigenvalue weighted by molar-refractivity contribution is 7.89. The van der Waals surface area contributed by atoms with E-state index in [1.807, 2.05) is 31.2 Å². The van der Waals surface area contributed by atoms with Crippen LogP contribution in [0.2, 0.25) is 0 Å². The molecule has 1 aliphatic heterocycles. The Kier molecular flexibility index (Phi) is 7.56. The van der Waals surface area contributed by atoms with Gasteiger partial charge >= 0.3 is 0 Å². The zero-order valence-corrected chi connectivity index (χ0v) is 19.1. The summed E-state index contributed by atoms with van der Waals surface area (Å²) in [6, 6.07) is 11.9. The largest absolute Gasteiger partial charge is 0.496 e. The van der Waals surface area contributed by atoms with Crippen molar-refractivity contribution in [3.63, 3.8) is 0 Å². The number of nitrogens with one attached hydrogen (secondary N) is 1. The summed E-state index contributed by atoms with van der Waals surface area (Å²) in [6.45, 7) is 5.93. The summed E-state index contributed by atoms with van der Waals surface area (Å²) < 4.78 is 38.4. The number of carbonyl (C=O) groups excluding carboxylic acids is 1. The van der Waals surface area contributed by atoms with Gasteiger partial charge in [0.15, 0.2) is 0 Å². The van der Waals surface area contributed by atoms with Gasteiger partial charge in [-0.1, -0.05) is 19.1 Å². The number of benzene rings is 2. The molecule has 0 unspecified atom stereocenters. The minimum Gasteiger partial charge on any atom is -0.496 e. The fourth-order valence-electron chi connectivity index (χ4n) is 3.55. The van der Waals surface area contributed by atoms with Crippen LogP contribution in [0.3, 0.4) is 0 Å². The number of hydrogen-bond acceptors (Lipinski definition) is 5. The molecule has 1 amide bonds. The van der Waals surface area contributed by atoms with Crippen molar-refractivity contribution in [1.29, 1.82) is 0 Å². The number of carbonyl (C=O) groups is 1. The second kappa shape index (κ2) is 10.2. The van der Waals surface area contributed by atoms with Crippen molar-refractivity contribution in [3.8, 4) is 11.5 Å². The predicted octanol–water partition coefficient (Wildman–Crippen LogP) is 3.44. The van der Waals surface area contributed by atoms with Crippen LogP contribution in [0.5, 0.6) is 11.5 Å². The lowest BCUT2D eigenvalue weighted by Gasteiger charge is -2.29. The average molecular weight is 447 g/mol. The molecule has 0 saturated carbocycles. The van der Waals surface area contributed by atoms with E-state index >= 15 is 0 Å². The maximum absolute atomic E-state index is 13.1. The summed E-state index contributed by atoms with van der Waals surface area (Å²) in [7, 11) is -2.20. The quantitative estimate of drug-likeness (QED) is 0.671. The van der Waals surface area contributed by atoms with Gasteiger partial charge in [0.1, 0.15) is 11.5 Å². The lowest BCUT2D eigenvalue weighted by molar-refractivity contribution is 0.0947. The van der Waals surface area contributed by atoms with Crippen LogP contribution in [-0.2, 0) is 16.6 Å². The van der Waals surface area contributed by atoms with E-state index in [0.29, 0.717) is 37.9 Å². The molecular weight excluding hydrogens is 416 g/mol. The minimum absolute atomic E-state index is 0.106. The van der Waals surface area contributed by atoms with Gasteiger partial charge in [0.2, 0.25) is 10.0 Å². The Balaban J connectivity index is 1.76. The Bertz CT molecular complexity index is 997. The van der Waals surface area contributed by atoms with Crippen molar-refractivity contribution in [2.45, 2.75) is 38.1 Å². The highest BCUT2D eigenvalue weighted by Gasteiger charge is 2.29. The first-order valence-corrected chi connectivity index (χ1v) is 12.0. The molecule has 0 aromatic heterocycles. The Morgan fingerprint density at radius 2 is 1.81 bits per heavy atom. The third-order valence-corrected chi connectivity index (χ3v) is 7.38. The van der Waals surface area contributed by atoms with Crippen molar-refractivity contribution in [2.24, 2.45) is 5.92 Å². The van der Waals surface area contributed by atoms with Crippen LogP contribution in [0, 0.1) is 5.92 Å². The molecule has 0 radical (unpaired) electrons. The first kappa shape index (κ1) is 23.1. The maximum atomic E-state index is 13.1. The molecule has 0 bridgehead atoms. The molecule has 1 aliphatic rings. The molecule has 1 fully saturated rings. The van der Waals surface area contributed by atoms with Gasteiger partial charge in [-0.15, -0.1) is 0 Å². The van der Waals surface area contributed by atoms with E-state index in [4.69, 9.17) is 9.47 Å². The Hall–Kier alpha value is -2.58. The zero-order valence-electron chi connectivity index (χ0n) is 18.3. The van der Waals surface area contributed by atoms with Crippen LogP contribution in [0.15, 0.2) is 47.4 Å². The third-order valence-electron chi connectivity index (χ3n) is 5.48. The highest BCUT2D eigenvalue weighted by Crippen LogP contribution is 2.27. The summed E-state index contributed by atoms with van der Waals surface area (Å²) in [4.78, 5) is 12.9. The molecule has 0 spiro atoms. The Morgan fingerprint density at radius 3 is 2.42 bits per heavy atom. The second-order valence-electron chi connectivity index (χ2n) is 7.71. The van der Waals surface area contributed by atoms with Gasteiger partial charge in [-0.05, 0) is 61.6 Å². The van der Waals surface area contributed by atoms with E-state index in [9.17, 15) is 13.2 Å². The van der Waals surface area contributed by atoms with Crippen LogP contribution in [0.25, 0.3) is 0 Å². The molecule has 31 heavy (non-hydrogen) atoms. The van der Waals surface area contributed by atoms with Crippen molar-refractivity contribution in [1.82, 2.24) is 9.62 Å². The van der Waals surface area contributed by atoms with Gasteiger partial charge in [0.05, 0.1) is 24.2 Å². The molecule has 168 valence electrons. The predicted molar refractivity (Wildman–Crippen MR) is 119 cm³/mol. The summed E-state index contributed by atoms with van der Waals surface area (Å²) >= 11 is 0. The molecule has 0 atom stereocenters. The van der Waals surface area contributed by atoms with E-state index in [0.717, 1.165) is 24.2 Å². The SMILES string of the molecule is CCOc1ccc(CNC(=O)c2cc(S(=O)(=O)N3CCC(C)CC3)ccc2OC)cc1. The second-order valence-corrected chi connectivity index (χ2v) is 9.65. The van der Waals surface area contributed by atoms with E-state index in [1.165, 1.54) is 29.6 Å². The van der Waals surface area contributed by atoms with Gasteiger partial charge in [0.25, 0.3) is 5.91 Å². The first-order chi connectivity index (χ1) is 14.8. The number of hydrogen-bond donors (Lipinski definition) is 1. The maximum Gasteiger partial charge on any atom is 0.255 e. The zero-order chi connectivity index (χ0) is 22.4. The fraction of sp³-hybridized carbons (Fsp3) is 0.435. The van der Waals surface area contributed by atoms with E-state index < -0.39 is 15.9 Å². The standard InChI is InChI=1S/C23H30N2O5S/c1-4-30-19-7-5-18(6-8-19)16-24-23(26)21-15-20(9-10-22(21)29-3)31(27,28)25-13-11-17(2)12-14-25/h5-10,15,17H,4,11-14,16H2,1-3H3,(H,24,26). The van der Waals surface area contributed by atoms with Crippen LogP contribution >= 0.6 is 0 Å². The van der Waals surface area contributed by atoms with Crippen LogP contribution in [0.1, 0.15) is 42.6 Å². The molecule has 1 saturated heterocycles. The lowest BCUT2D eigenvalue weighted by Crippen LogP contribution is -2.38. The number of piperidine rings is 1. The molecule has 8 heteroatoms. The smallest absolute Gasteiger partial charge is 0.255 e. The molecule has 2 aromatic carbocycles. The monoisotopic (exact) mass is 446 g/mol. The number of nitrogens with zero attached hydrogens (tertiary/aromatic N) is 1. The molecule has 0 aliphatic carbocycles. The third kappa shape index (κ3) is 5.57. The van der Waals surface area contributed by atoms with Crippen molar-refractivity contribution in [3.05, 3.63) is 53.6 Å².